The Labute approximate surface area is 201 Å². The van der Waals surface area contributed by atoms with Gasteiger partial charge in [0.15, 0.2) is 6.54 Å². The molecule has 0 unspecified atom stereocenters. The average Bonchev–Trinajstić information content (AvgIpc) is 2.74. The number of carbonyl (C=O) groups excluding carboxylic acids is 1. The summed E-state index contributed by atoms with van der Waals surface area (Å²) in [5, 5.41) is 0.824. The van der Waals surface area contributed by atoms with Gasteiger partial charge in [-0.15, -0.1) is 0 Å². The third kappa shape index (κ3) is 10.9. The van der Waals surface area contributed by atoms with Crippen molar-refractivity contribution in [2.45, 2.75) is 78.1 Å². The molecule has 1 aromatic rings. The van der Waals surface area contributed by atoms with E-state index in [4.69, 9.17) is 16.3 Å². The summed E-state index contributed by atoms with van der Waals surface area (Å²) in [6, 6.07) is 8.04. The number of likely N-dealkylation sites (tertiary alicyclic amines) is 1. The number of hydrogen-bond donors (Lipinski definition) is 0. The van der Waals surface area contributed by atoms with Gasteiger partial charge in [-0.05, 0) is 56.7 Å². The fourth-order valence-electron chi connectivity index (χ4n) is 4.34. The van der Waals surface area contributed by atoms with Crippen LogP contribution in [0.2, 0.25) is 5.02 Å². The van der Waals surface area contributed by atoms with Gasteiger partial charge in [-0.3, -0.25) is 0 Å². The number of quaternary nitrogens is 1. The number of nitrogens with zero attached hydrogens (tertiary/aromatic N) is 1. The molecular weight excluding hydrogens is 429 g/mol. The second kappa shape index (κ2) is 15.7. The zero-order valence-electron chi connectivity index (χ0n) is 19.5. The number of hydrogen-bond acceptors (Lipinski definition) is 2. The standard InChI is InChI=1S/C26H41ClNO2.ClH/c1-3-4-5-6-7-13-20-30-26(29)22-28(17-11-8-12-18-28)19-16-23(2)21-24-14-9-10-15-25(24)27;/h9-10,14-16H,3-8,11-13,17-22H2,1-2H3;1H/q+1;/p-1/b23-16+;. The van der Waals surface area contributed by atoms with E-state index in [1.807, 2.05) is 18.2 Å². The van der Waals surface area contributed by atoms with Crippen LogP contribution in [0, 0.1) is 0 Å². The maximum absolute atomic E-state index is 12.6. The normalized spacial score (nSPS) is 15.9. The second-order valence-electron chi connectivity index (χ2n) is 9.00. The van der Waals surface area contributed by atoms with Crippen LogP contribution in [0.25, 0.3) is 0 Å². The first-order valence-electron chi connectivity index (χ1n) is 11.9. The minimum absolute atomic E-state index is 0. The predicted octanol–water partition coefficient (Wildman–Crippen LogP) is 3.74. The molecule has 5 heteroatoms. The van der Waals surface area contributed by atoms with Gasteiger partial charge >= 0.3 is 5.97 Å². The lowest BCUT2D eigenvalue weighted by Crippen LogP contribution is -3.00. The van der Waals surface area contributed by atoms with Gasteiger partial charge in [0.25, 0.3) is 0 Å². The van der Waals surface area contributed by atoms with Crippen LogP contribution in [0.1, 0.15) is 77.2 Å². The number of carbonyl (C=O) groups is 1. The molecule has 1 heterocycles. The monoisotopic (exact) mass is 469 g/mol. The SMILES string of the molecule is CCCCCCCCOC(=O)C[N+]1(C/C=C(\C)Cc2ccccc2Cl)CCCCC1.[Cl-]. The number of allylic oxidation sites excluding steroid dienone is 1. The quantitative estimate of drug-likeness (QED) is 0.190. The van der Waals surface area contributed by atoms with Crippen molar-refractivity contribution in [3.05, 3.63) is 46.5 Å². The van der Waals surface area contributed by atoms with E-state index in [1.54, 1.807) is 0 Å². The van der Waals surface area contributed by atoms with Crippen LogP contribution in [0.3, 0.4) is 0 Å². The van der Waals surface area contributed by atoms with E-state index in [9.17, 15) is 4.79 Å². The van der Waals surface area contributed by atoms with Crippen LogP contribution < -0.4 is 12.4 Å². The highest BCUT2D eigenvalue weighted by atomic mass is 35.5. The predicted molar refractivity (Wildman–Crippen MR) is 127 cm³/mol. The van der Waals surface area contributed by atoms with Crippen molar-refractivity contribution < 1.29 is 26.4 Å². The molecule has 1 fully saturated rings. The molecular formula is C26H41Cl2NO2. The second-order valence-corrected chi connectivity index (χ2v) is 9.40. The molecule has 0 atom stereocenters. The third-order valence-electron chi connectivity index (χ3n) is 6.24. The number of ether oxygens (including phenoxy) is 1. The molecule has 0 amide bonds. The molecule has 0 N–H and O–H groups in total. The maximum Gasteiger partial charge on any atom is 0.361 e. The summed E-state index contributed by atoms with van der Waals surface area (Å²) in [5.41, 5.74) is 2.48. The van der Waals surface area contributed by atoms with Crippen LogP contribution in [0.5, 0.6) is 0 Å². The van der Waals surface area contributed by atoms with Crippen LogP contribution in [0.4, 0.5) is 0 Å². The smallest absolute Gasteiger partial charge is 0.361 e. The molecule has 0 aromatic heterocycles. The summed E-state index contributed by atoms with van der Waals surface area (Å²) in [5.74, 6) is -0.0254. The Hall–Kier alpha value is -1.03. The number of unbranched alkanes of at least 4 members (excludes halogenated alkanes) is 5. The lowest BCUT2D eigenvalue weighted by molar-refractivity contribution is -0.920. The van der Waals surface area contributed by atoms with E-state index in [0.29, 0.717) is 13.2 Å². The fourth-order valence-corrected chi connectivity index (χ4v) is 4.54. The first kappa shape index (κ1) is 28.0. The lowest BCUT2D eigenvalue weighted by Gasteiger charge is -2.40. The molecule has 1 saturated heterocycles. The van der Waals surface area contributed by atoms with Crippen molar-refractivity contribution in [2.75, 3.05) is 32.8 Å². The lowest BCUT2D eigenvalue weighted by atomic mass is 10.0. The molecule has 1 aromatic carbocycles. The Morgan fingerprint density at radius 1 is 1.06 bits per heavy atom. The van der Waals surface area contributed by atoms with Crippen molar-refractivity contribution in [3.8, 4) is 0 Å². The van der Waals surface area contributed by atoms with Gasteiger partial charge in [-0.25, -0.2) is 4.79 Å². The molecule has 176 valence electrons. The van der Waals surface area contributed by atoms with Gasteiger partial charge in [-0.1, -0.05) is 74.4 Å². The van der Waals surface area contributed by atoms with E-state index in [-0.39, 0.29) is 18.4 Å². The Kier molecular flexibility index (Phi) is 14.2. The number of esters is 1. The van der Waals surface area contributed by atoms with Crippen LogP contribution in [0.15, 0.2) is 35.9 Å². The van der Waals surface area contributed by atoms with E-state index < -0.39 is 0 Å². The molecule has 0 aliphatic carbocycles. The molecule has 0 radical (unpaired) electrons. The van der Waals surface area contributed by atoms with E-state index in [2.05, 4.69) is 26.0 Å². The highest BCUT2D eigenvalue weighted by Gasteiger charge is 2.32. The van der Waals surface area contributed by atoms with Gasteiger partial charge in [-0.2, -0.15) is 0 Å². The molecule has 0 spiro atoms. The Bertz CT molecular complexity index is 669. The summed E-state index contributed by atoms with van der Waals surface area (Å²) in [6.07, 6.45) is 14.1. The number of benzene rings is 1. The minimum Gasteiger partial charge on any atom is -1.00 e. The van der Waals surface area contributed by atoms with Crippen molar-refractivity contribution >= 4 is 17.6 Å². The highest BCUT2D eigenvalue weighted by Crippen LogP contribution is 2.22. The van der Waals surface area contributed by atoms with Crippen molar-refractivity contribution in [1.29, 1.82) is 0 Å². The van der Waals surface area contributed by atoms with Crippen molar-refractivity contribution in [3.63, 3.8) is 0 Å². The largest absolute Gasteiger partial charge is 1.00 e. The molecule has 2 rings (SSSR count). The molecule has 1 aliphatic rings. The number of piperidine rings is 1. The van der Waals surface area contributed by atoms with Gasteiger partial charge in [0.2, 0.25) is 0 Å². The molecule has 0 bridgehead atoms. The summed E-state index contributed by atoms with van der Waals surface area (Å²) < 4.78 is 6.44. The minimum atomic E-state index is -0.0254. The Morgan fingerprint density at radius 3 is 2.45 bits per heavy atom. The number of rotatable bonds is 13. The van der Waals surface area contributed by atoms with Crippen LogP contribution >= 0.6 is 11.6 Å². The summed E-state index contributed by atoms with van der Waals surface area (Å²) in [6.45, 7) is 8.53. The van der Waals surface area contributed by atoms with E-state index >= 15 is 0 Å². The topological polar surface area (TPSA) is 26.3 Å². The Balaban J connectivity index is 0.00000480. The molecule has 31 heavy (non-hydrogen) atoms. The van der Waals surface area contributed by atoms with Crippen molar-refractivity contribution in [1.82, 2.24) is 0 Å². The zero-order valence-corrected chi connectivity index (χ0v) is 21.0. The van der Waals surface area contributed by atoms with E-state index in [0.717, 1.165) is 54.0 Å². The summed E-state index contributed by atoms with van der Waals surface area (Å²) >= 11 is 6.32. The van der Waals surface area contributed by atoms with Gasteiger partial charge in [0, 0.05) is 5.02 Å². The zero-order chi connectivity index (χ0) is 21.7. The van der Waals surface area contributed by atoms with E-state index in [1.165, 1.54) is 50.5 Å². The highest BCUT2D eigenvalue weighted by molar-refractivity contribution is 6.31. The first-order chi connectivity index (χ1) is 14.5. The Morgan fingerprint density at radius 2 is 1.74 bits per heavy atom. The summed E-state index contributed by atoms with van der Waals surface area (Å²) in [4.78, 5) is 12.6. The van der Waals surface area contributed by atoms with Crippen LogP contribution in [-0.4, -0.2) is 43.2 Å². The molecule has 1 aliphatic heterocycles. The van der Waals surface area contributed by atoms with Crippen LogP contribution in [-0.2, 0) is 16.0 Å². The molecule has 3 nitrogen and oxygen atoms in total. The van der Waals surface area contributed by atoms with Gasteiger partial charge in [0.05, 0.1) is 26.2 Å². The summed E-state index contributed by atoms with van der Waals surface area (Å²) in [7, 11) is 0. The maximum atomic E-state index is 12.6. The fraction of sp³-hybridized carbons (Fsp3) is 0.654. The van der Waals surface area contributed by atoms with Crippen molar-refractivity contribution in [2.24, 2.45) is 0 Å². The third-order valence-corrected chi connectivity index (χ3v) is 6.61. The van der Waals surface area contributed by atoms with Gasteiger partial charge < -0.3 is 21.6 Å². The van der Waals surface area contributed by atoms with Gasteiger partial charge in [0.1, 0.15) is 0 Å². The first-order valence-corrected chi connectivity index (χ1v) is 12.3. The average molecular weight is 471 g/mol. The number of halogens is 2. The molecule has 0 saturated carbocycles.